The number of anilines is 1. The van der Waals surface area contributed by atoms with E-state index in [1.54, 1.807) is 26.7 Å². The van der Waals surface area contributed by atoms with E-state index in [1.165, 1.54) is 0 Å². The van der Waals surface area contributed by atoms with Crippen LogP contribution >= 0.6 is 0 Å². The van der Waals surface area contributed by atoms with Crippen molar-refractivity contribution >= 4 is 17.6 Å². The highest BCUT2D eigenvalue weighted by atomic mass is 16.2. The molecule has 1 aliphatic rings. The van der Waals surface area contributed by atoms with E-state index in [-0.39, 0.29) is 24.9 Å². The van der Waals surface area contributed by atoms with Crippen LogP contribution in [0.1, 0.15) is 13.3 Å². The van der Waals surface area contributed by atoms with Crippen molar-refractivity contribution in [1.82, 2.24) is 19.6 Å². The number of nitrogens with zero attached hydrogens (tertiary/aromatic N) is 4. The third-order valence-electron chi connectivity index (χ3n) is 3.11. The second-order valence-electron chi connectivity index (χ2n) is 4.63. The molecule has 104 valence electrons. The van der Waals surface area contributed by atoms with Crippen molar-refractivity contribution in [2.75, 3.05) is 31.9 Å². The lowest BCUT2D eigenvalue weighted by Crippen LogP contribution is -2.54. The van der Waals surface area contributed by atoms with Crippen LogP contribution in [0.15, 0.2) is 12.3 Å². The quantitative estimate of drug-likeness (QED) is 0.781. The van der Waals surface area contributed by atoms with Crippen molar-refractivity contribution in [1.29, 1.82) is 0 Å². The molecule has 0 unspecified atom stereocenters. The molecule has 0 bridgehead atoms. The molecule has 2 heterocycles. The van der Waals surface area contributed by atoms with Crippen molar-refractivity contribution in [3.8, 4) is 0 Å². The highest BCUT2D eigenvalue weighted by Gasteiger charge is 2.28. The van der Waals surface area contributed by atoms with Gasteiger partial charge < -0.3 is 15.5 Å². The molecule has 0 aromatic carbocycles. The largest absolute Gasteiger partial charge is 0.382 e. The zero-order valence-corrected chi connectivity index (χ0v) is 11.1. The molecule has 0 aliphatic carbocycles. The lowest BCUT2D eigenvalue weighted by molar-refractivity contribution is -0.150. The molecule has 7 heteroatoms. The van der Waals surface area contributed by atoms with Crippen LogP contribution in [0, 0.1) is 0 Å². The Morgan fingerprint density at radius 2 is 1.79 bits per heavy atom. The van der Waals surface area contributed by atoms with Crippen LogP contribution in [0.5, 0.6) is 0 Å². The molecule has 0 saturated carbocycles. The Labute approximate surface area is 111 Å². The number of hydrogen-bond acceptors (Lipinski definition) is 4. The lowest BCUT2D eigenvalue weighted by atomic mass is 10.2. The molecule has 0 atom stereocenters. The first-order valence-corrected chi connectivity index (χ1v) is 6.44. The minimum absolute atomic E-state index is 0.00632. The van der Waals surface area contributed by atoms with E-state index in [0.717, 1.165) is 6.42 Å². The average Bonchev–Trinajstić information content (AvgIpc) is 2.78. The summed E-state index contributed by atoms with van der Waals surface area (Å²) in [5.41, 5.74) is 5.51. The lowest BCUT2D eigenvalue weighted by Gasteiger charge is -2.33. The summed E-state index contributed by atoms with van der Waals surface area (Å²) in [5.74, 6) is 0.463. The van der Waals surface area contributed by atoms with E-state index in [9.17, 15) is 9.59 Å². The topological polar surface area (TPSA) is 84.5 Å². The van der Waals surface area contributed by atoms with Crippen molar-refractivity contribution in [2.45, 2.75) is 19.9 Å². The van der Waals surface area contributed by atoms with Crippen LogP contribution < -0.4 is 5.73 Å². The highest BCUT2D eigenvalue weighted by Crippen LogP contribution is 2.06. The summed E-state index contributed by atoms with van der Waals surface area (Å²) in [4.78, 5) is 27.0. The predicted octanol–water partition coefficient (Wildman–Crippen LogP) is -0.454. The number of nitrogens with two attached hydrogens (primary N) is 1. The molecule has 1 aromatic heterocycles. The van der Waals surface area contributed by atoms with E-state index < -0.39 is 0 Å². The van der Waals surface area contributed by atoms with Gasteiger partial charge in [-0.2, -0.15) is 5.10 Å². The minimum atomic E-state index is -0.00632. The first kappa shape index (κ1) is 13.4. The van der Waals surface area contributed by atoms with E-state index in [1.807, 2.05) is 6.92 Å². The monoisotopic (exact) mass is 265 g/mol. The van der Waals surface area contributed by atoms with E-state index in [2.05, 4.69) is 5.10 Å². The smallest absolute Gasteiger partial charge is 0.242 e. The van der Waals surface area contributed by atoms with Gasteiger partial charge in [0.15, 0.2) is 0 Å². The van der Waals surface area contributed by atoms with Crippen molar-refractivity contribution in [3.63, 3.8) is 0 Å². The molecule has 0 spiro atoms. The minimum Gasteiger partial charge on any atom is -0.382 e. The predicted molar refractivity (Wildman–Crippen MR) is 70.1 cm³/mol. The summed E-state index contributed by atoms with van der Waals surface area (Å²) in [7, 11) is 0. The van der Waals surface area contributed by atoms with Gasteiger partial charge in [-0.1, -0.05) is 6.92 Å². The average molecular weight is 265 g/mol. The molecule has 1 saturated heterocycles. The first-order chi connectivity index (χ1) is 9.10. The maximum absolute atomic E-state index is 11.9. The van der Waals surface area contributed by atoms with E-state index in [0.29, 0.717) is 25.5 Å². The van der Waals surface area contributed by atoms with Gasteiger partial charge in [0, 0.05) is 19.3 Å². The Kier molecular flexibility index (Phi) is 4.03. The molecule has 19 heavy (non-hydrogen) atoms. The second kappa shape index (κ2) is 5.73. The fourth-order valence-electron chi connectivity index (χ4n) is 2.11. The van der Waals surface area contributed by atoms with Crippen molar-refractivity contribution in [3.05, 3.63) is 12.3 Å². The number of nitrogen functional groups attached to an aromatic ring is 1. The number of carbonyl (C=O) groups is 2. The molecule has 1 aliphatic heterocycles. The van der Waals surface area contributed by atoms with E-state index in [4.69, 9.17) is 5.73 Å². The Bertz CT molecular complexity index is 470. The van der Waals surface area contributed by atoms with E-state index >= 15 is 0 Å². The van der Waals surface area contributed by atoms with Gasteiger partial charge in [0.05, 0.1) is 19.6 Å². The molecule has 1 fully saturated rings. The summed E-state index contributed by atoms with van der Waals surface area (Å²) in [6, 6.07) is 1.70. The number of aromatic nitrogens is 2. The van der Waals surface area contributed by atoms with Gasteiger partial charge in [0.2, 0.25) is 11.8 Å². The van der Waals surface area contributed by atoms with Gasteiger partial charge in [0.25, 0.3) is 0 Å². The van der Waals surface area contributed by atoms with Gasteiger partial charge in [-0.25, -0.2) is 0 Å². The summed E-state index contributed by atoms with van der Waals surface area (Å²) < 4.78 is 1.67. The number of carbonyl (C=O) groups excluding carboxylic acids is 2. The fourth-order valence-corrected chi connectivity index (χ4v) is 2.11. The van der Waals surface area contributed by atoms with Gasteiger partial charge in [-0.15, -0.1) is 0 Å². The number of piperazine rings is 1. The van der Waals surface area contributed by atoms with Crippen molar-refractivity contribution < 1.29 is 9.59 Å². The van der Waals surface area contributed by atoms with Gasteiger partial charge in [-0.3, -0.25) is 14.3 Å². The molecule has 2 amide bonds. The molecule has 0 radical (unpaired) electrons. The molecule has 2 rings (SSSR count). The zero-order chi connectivity index (χ0) is 13.8. The van der Waals surface area contributed by atoms with Crippen LogP contribution in [0.4, 0.5) is 5.82 Å². The van der Waals surface area contributed by atoms with Crippen LogP contribution in [-0.4, -0.2) is 57.6 Å². The first-order valence-electron chi connectivity index (χ1n) is 6.44. The molecule has 1 aromatic rings. The van der Waals surface area contributed by atoms with Crippen LogP contribution in [-0.2, 0) is 16.1 Å². The number of amides is 2. The molecule has 2 N–H and O–H groups in total. The highest BCUT2D eigenvalue weighted by molar-refractivity contribution is 5.92. The molecular weight excluding hydrogens is 246 g/mol. The van der Waals surface area contributed by atoms with Gasteiger partial charge in [-0.05, 0) is 12.5 Å². The maximum Gasteiger partial charge on any atom is 0.242 e. The van der Waals surface area contributed by atoms with Crippen LogP contribution in [0.3, 0.4) is 0 Å². The van der Waals surface area contributed by atoms with Gasteiger partial charge >= 0.3 is 0 Å². The standard InChI is InChI=1S/C12H19N5O2/c1-2-4-15-8-12(19)16(9-11(15)18)6-7-17-5-3-10(13)14-17/h3,5H,2,4,6-9H2,1H3,(H2,13,14). The second-order valence-corrected chi connectivity index (χ2v) is 4.63. The number of rotatable bonds is 5. The summed E-state index contributed by atoms with van der Waals surface area (Å²) in [5, 5.41) is 4.04. The maximum atomic E-state index is 11.9. The Morgan fingerprint density at radius 1 is 1.16 bits per heavy atom. The van der Waals surface area contributed by atoms with Crippen molar-refractivity contribution in [2.24, 2.45) is 0 Å². The Morgan fingerprint density at radius 3 is 2.32 bits per heavy atom. The Hall–Kier alpha value is -2.05. The normalized spacial score (nSPS) is 16.3. The SMILES string of the molecule is CCCN1CC(=O)N(CCn2ccc(N)n2)CC1=O. The van der Waals surface area contributed by atoms with Gasteiger partial charge in [0.1, 0.15) is 5.82 Å². The third-order valence-corrected chi connectivity index (χ3v) is 3.11. The molecule has 7 nitrogen and oxygen atoms in total. The van der Waals surface area contributed by atoms with Crippen LogP contribution in [0.2, 0.25) is 0 Å². The summed E-state index contributed by atoms with van der Waals surface area (Å²) in [6.07, 6.45) is 2.63. The summed E-state index contributed by atoms with van der Waals surface area (Å²) in [6.45, 7) is 4.01. The van der Waals surface area contributed by atoms with Crippen LogP contribution in [0.25, 0.3) is 0 Å². The Balaban J connectivity index is 1.88. The molecular formula is C12H19N5O2. The number of hydrogen-bond donors (Lipinski definition) is 1. The zero-order valence-electron chi connectivity index (χ0n) is 11.1. The third kappa shape index (κ3) is 3.24. The summed E-state index contributed by atoms with van der Waals surface area (Å²) >= 11 is 0. The fraction of sp³-hybridized carbons (Fsp3) is 0.583.